The molecule has 19 heavy (non-hydrogen) atoms. The third kappa shape index (κ3) is 3.51. The molecular weight excluding hydrogens is 284 g/mol. The summed E-state index contributed by atoms with van der Waals surface area (Å²) in [5, 5.41) is 8.68. The lowest BCUT2D eigenvalue weighted by atomic mass is 9.90. The number of rotatable bonds is 1. The molecule has 0 radical (unpaired) electrons. The highest BCUT2D eigenvalue weighted by Crippen LogP contribution is 2.37. The molecule has 10 heteroatoms. The van der Waals surface area contributed by atoms with Gasteiger partial charge in [-0.2, -0.15) is 26.3 Å². The first-order valence-corrected chi connectivity index (χ1v) is 5.12. The van der Waals surface area contributed by atoms with E-state index in [1.807, 2.05) is 0 Å². The predicted molar refractivity (Wildman–Crippen MR) is 48.0 cm³/mol. The molecule has 0 saturated carbocycles. The van der Waals surface area contributed by atoms with E-state index in [4.69, 9.17) is 5.11 Å². The number of aliphatic carboxylic acids is 1. The maximum atomic E-state index is 12.4. The van der Waals surface area contributed by atoms with Crippen molar-refractivity contribution in [3.05, 3.63) is 0 Å². The highest BCUT2D eigenvalue weighted by atomic mass is 19.4. The van der Waals surface area contributed by atoms with Crippen molar-refractivity contribution >= 4 is 11.9 Å². The van der Waals surface area contributed by atoms with Crippen molar-refractivity contribution in [2.24, 2.45) is 5.92 Å². The second-order valence-corrected chi connectivity index (χ2v) is 4.11. The fraction of sp³-hybridized carbons (Fsp3) is 0.778. The lowest BCUT2D eigenvalue weighted by molar-refractivity contribution is -0.207. The first-order chi connectivity index (χ1) is 8.44. The van der Waals surface area contributed by atoms with Gasteiger partial charge in [-0.1, -0.05) is 0 Å². The minimum atomic E-state index is -5.31. The maximum absolute atomic E-state index is 12.4. The van der Waals surface area contributed by atoms with Gasteiger partial charge < -0.3 is 10.0 Å². The summed E-state index contributed by atoms with van der Waals surface area (Å²) < 4.78 is 73.9. The van der Waals surface area contributed by atoms with Crippen LogP contribution >= 0.6 is 0 Å². The average Bonchev–Trinajstić information content (AvgIpc) is 2.24. The first-order valence-electron chi connectivity index (χ1n) is 5.12. The molecule has 1 aliphatic rings. The van der Waals surface area contributed by atoms with Crippen molar-refractivity contribution in [2.45, 2.75) is 31.2 Å². The zero-order valence-electron chi connectivity index (χ0n) is 9.25. The van der Waals surface area contributed by atoms with Crippen LogP contribution in [0.3, 0.4) is 0 Å². The van der Waals surface area contributed by atoms with Crippen LogP contribution in [0.4, 0.5) is 26.3 Å². The molecule has 110 valence electrons. The molecule has 0 aromatic carbocycles. The van der Waals surface area contributed by atoms with Crippen molar-refractivity contribution in [3.8, 4) is 0 Å². The minimum absolute atomic E-state index is 0.0649. The molecule has 1 fully saturated rings. The molecule has 1 heterocycles. The van der Waals surface area contributed by atoms with E-state index in [0.29, 0.717) is 0 Å². The van der Waals surface area contributed by atoms with Crippen molar-refractivity contribution in [1.29, 1.82) is 0 Å². The number of likely N-dealkylation sites (tertiary alicyclic amines) is 1. The Labute approximate surface area is 103 Å². The van der Waals surface area contributed by atoms with Gasteiger partial charge in [-0.05, 0) is 12.8 Å². The number of nitrogens with zero attached hydrogens (tertiary/aromatic N) is 1. The summed E-state index contributed by atoms with van der Waals surface area (Å²) in [7, 11) is 0. The number of halogens is 6. The summed E-state index contributed by atoms with van der Waals surface area (Å²) in [6, 6.07) is -2.12. The lowest BCUT2D eigenvalue weighted by Crippen LogP contribution is -2.55. The molecule has 4 nitrogen and oxygen atoms in total. The quantitative estimate of drug-likeness (QED) is 0.750. The number of hydrogen-bond acceptors (Lipinski definition) is 2. The molecule has 1 saturated heterocycles. The van der Waals surface area contributed by atoms with Gasteiger partial charge in [0.15, 0.2) is 0 Å². The smallest absolute Gasteiger partial charge is 0.471 e. The second kappa shape index (κ2) is 4.89. The van der Waals surface area contributed by atoms with Gasteiger partial charge in [-0.25, -0.2) is 4.79 Å². The average molecular weight is 293 g/mol. The Hall–Kier alpha value is -1.48. The van der Waals surface area contributed by atoms with Crippen LogP contribution in [0.1, 0.15) is 12.8 Å². The van der Waals surface area contributed by atoms with Crippen LogP contribution in [-0.4, -0.2) is 46.8 Å². The number of amides is 1. The van der Waals surface area contributed by atoms with E-state index in [9.17, 15) is 35.9 Å². The van der Waals surface area contributed by atoms with Gasteiger partial charge in [-0.15, -0.1) is 0 Å². The van der Waals surface area contributed by atoms with Crippen molar-refractivity contribution in [3.63, 3.8) is 0 Å². The van der Waals surface area contributed by atoms with E-state index >= 15 is 0 Å². The molecule has 0 aliphatic carbocycles. The van der Waals surface area contributed by atoms with Crippen molar-refractivity contribution < 1.29 is 41.0 Å². The number of carbonyl (C=O) groups is 2. The third-order valence-electron chi connectivity index (χ3n) is 2.85. The molecule has 1 aliphatic heterocycles. The molecule has 0 aromatic heterocycles. The summed E-state index contributed by atoms with van der Waals surface area (Å²) in [4.78, 5) is 21.6. The van der Waals surface area contributed by atoms with E-state index in [2.05, 4.69) is 0 Å². The van der Waals surface area contributed by atoms with Gasteiger partial charge in [0.25, 0.3) is 0 Å². The van der Waals surface area contributed by atoms with E-state index in [0.717, 1.165) is 0 Å². The van der Waals surface area contributed by atoms with Crippen LogP contribution in [0.15, 0.2) is 0 Å². The second-order valence-electron chi connectivity index (χ2n) is 4.11. The monoisotopic (exact) mass is 293 g/mol. The predicted octanol–water partition coefficient (Wildman–Crippen LogP) is 1.80. The van der Waals surface area contributed by atoms with Crippen LogP contribution in [-0.2, 0) is 9.59 Å². The zero-order chi connectivity index (χ0) is 15.0. The van der Waals surface area contributed by atoms with Gasteiger partial charge in [0, 0.05) is 6.54 Å². The van der Waals surface area contributed by atoms with Crippen molar-refractivity contribution in [1.82, 2.24) is 4.90 Å². The topological polar surface area (TPSA) is 57.6 Å². The van der Waals surface area contributed by atoms with E-state index in [1.165, 1.54) is 0 Å². The van der Waals surface area contributed by atoms with Crippen LogP contribution in [0.2, 0.25) is 0 Å². The number of hydrogen-bond donors (Lipinski definition) is 1. The van der Waals surface area contributed by atoms with Crippen molar-refractivity contribution in [2.75, 3.05) is 6.54 Å². The number of carboxylic acid groups (broad SMARTS) is 1. The largest absolute Gasteiger partial charge is 0.480 e. The molecule has 1 N–H and O–H groups in total. The molecular formula is C9H9F6NO3. The maximum Gasteiger partial charge on any atom is 0.471 e. The summed E-state index contributed by atoms with van der Waals surface area (Å²) in [6.45, 7) is -0.889. The van der Waals surface area contributed by atoms with Gasteiger partial charge in [0.1, 0.15) is 6.04 Å². The normalized spacial score (nSPS) is 25.3. The highest BCUT2D eigenvalue weighted by Gasteiger charge is 2.52. The fourth-order valence-corrected chi connectivity index (χ4v) is 1.90. The van der Waals surface area contributed by atoms with E-state index in [1.54, 1.807) is 0 Å². The Kier molecular flexibility index (Phi) is 4.01. The minimum Gasteiger partial charge on any atom is -0.480 e. The van der Waals surface area contributed by atoms with Gasteiger partial charge in [-0.3, -0.25) is 4.79 Å². The molecule has 0 bridgehead atoms. The molecule has 1 amide bonds. The van der Waals surface area contributed by atoms with Crippen LogP contribution in [0, 0.1) is 5.92 Å². The summed E-state index contributed by atoms with van der Waals surface area (Å²) in [5.74, 6) is -6.34. The molecule has 0 aromatic rings. The Bertz CT molecular complexity index is 377. The number of alkyl halides is 6. The number of carbonyl (C=O) groups excluding carboxylic acids is 1. The number of carboxylic acids is 1. The Morgan fingerprint density at radius 1 is 1.11 bits per heavy atom. The van der Waals surface area contributed by atoms with Gasteiger partial charge in [0.2, 0.25) is 0 Å². The molecule has 0 spiro atoms. The lowest BCUT2D eigenvalue weighted by Gasteiger charge is -2.37. The standard InChI is InChI=1S/C9H9F6NO3/c10-8(11,12)4-1-2-16(5(3-4)6(17)18)7(19)9(13,14)15/h4-5H,1-3H2,(H,17,18). The van der Waals surface area contributed by atoms with Gasteiger partial charge >= 0.3 is 24.2 Å². The van der Waals surface area contributed by atoms with Crippen LogP contribution < -0.4 is 0 Å². The van der Waals surface area contributed by atoms with Crippen LogP contribution in [0.25, 0.3) is 0 Å². The first kappa shape index (κ1) is 15.6. The fourth-order valence-electron chi connectivity index (χ4n) is 1.90. The Balaban J connectivity index is 2.92. The molecule has 2 unspecified atom stereocenters. The SMILES string of the molecule is O=C(O)C1CC(C(F)(F)F)CCN1C(=O)C(F)(F)F. The van der Waals surface area contributed by atoms with E-state index in [-0.39, 0.29) is 4.90 Å². The van der Waals surface area contributed by atoms with E-state index < -0.39 is 55.6 Å². The highest BCUT2D eigenvalue weighted by molar-refractivity contribution is 5.87. The third-order valence-corrected chi connectivity index (χ3v) is 2.85. The molecule has 1 rings (SSSR count). The summed E-state index contributed by atoms with van der Waals surface area (Å²) in [6.07, 6.45) is -11.8. The zero-order valence-corrected chi connectivity index (χ0v) is 9.25. The Morgan fingerprint density at radius 2 is 1.63 bits per heavy atom. The van der Waals surface area contributed by atoms with Crippen LogP contribution in [0.5, 0.6) is 0 Å². The summed E-state index contributed by atoms with van der Waals surface area (Å²) >= 11 is 0. The van der Waals surface area contributed by atoms with Gasteiger partial charge in [0.05, 0.1) is 5.92 Å². The molecule has 2 atom stereocenters. The number of piperidine rings is 1. The Morgan fingerprint density at radius 3 is 2.00 bits per heavy atom. The summed E-state index contributed by atoms with van der Waals surface area (Å²) in [5.41, 5.74) is 0.